The van der Waals surface area contributed by atoms with E-state index in [2.05, 4.69) is 53.5 Å². The SMILES string of the molecule is CCCNCC1CCC(C(C)C)CC1Cc1sccc1Br. The van der Waals surface area contributed by atoms with Crippen molar-refractivity contribution in [2.75, 3.05) is 13.1 Å². The van der Waals surface area contributed by atoms with E-state index in [1.165, 1.54) is 49.7 Å². The van der Waals surface area contributed by atoms with Gasteiger partial charge >= 0.3 is 0 Å². The van der Waals surface area contributed by atoms with E-state index in [0.717, 1.165) is 23.7 Å². The maximum Gasteiger partial charge on any atom is 0.0314 e. The topological polar surface area (TPSA) is 12.0 Å². The lowest BCUT2D eigenvalue weighted by Gasteiger charge is -2.38. The molecule has 1 nitrogen and oxygen atoms in total. The number of hydrogen-bond donors (Lipinski definition) is 1. The third-order valence-corrected chi connectivity index (χ3v) is 7.04. The Bertz CT molecular complexity index is 415. The van der Waals surface area contributed by atoms with E-state index in [9.17, 15) is 0 Å². The largest absolute Gasteiger partial charge is 0.316 e. The molecule has 2 rings (SSSR count). The van der Waals surface area contributed by atoms with E-state index in [0.29, 0.717) is 0 Å². The van der Waals surface area contributed by atoms with E-state index in [4.69, 9.17) is 0 Å². The fourth-order valence-electron chi connectivity index (χ4n) is 3.66. The fourth-order valence-corrected chi connectivity index (χ4v) is 5.27. The summed E-state index contributed by atoms with van der Waals surface area (Å²) in [5.74, 6) is 3.48. The molecule has 0 bridgehead atoms. The first-order valence-corrected chi connectivity index (χ1v) is 10.2. The summed E-state index contributed by atoms with van der Waals surface area (Å²) >= 11 is 5.63. The standard InChI is InChI=1S/C18H30BrNS/c1-4-8-20-12-15-6-5-14(13(2)3)10-16(15)11-18-17(19)7-9-21-18/h7,9,13-16,20H,4-6,8,10-12H2,1-3H3. The molecule has 3 unspecified atom stereocenters. The summed E-state index contributed by atoms with van der Waals surface area (Å²) in [5, 5.41) is 5.88. The van der Waals surface area contributed by atoms with Crippen LogP contribution >= 0.6 is 27.3 Å². The quantitative estimate of drug-likeness (QED) is 0.602. The zero-order valence-electron chi connectivity index (χ0n) is 13.7. The molecule has 1 aromatic rings. The van der Waals surface area contributed by atoms with Crippen LogP contribution in [0, 0.1) is 23.7 Å². The summed E-state index contributed by atoms with van der Waals surface area (Å²) < 4.78 is 1.32. The van der Waals surface area contributed by atoms with Crippen LogP contribution in [-0.4, -0.2) is 13.1 Å². The second kappa shape index (κ2) is 8.69. The van der Waals surface area contributed by atoms with Crippen molar-refractivity contribution in [3.05, 3.63) is 20.8 Å². The molecule has 3 heteroatoms. The van der Waals surface area contributed by atoms with Crippen LogP contribution in [-0.2, 0) is 6.42 Å². The van der Waals surface area contributed by atoms with E-state index in [1.807, 2.05) is 11.3 Å². The van der Waals surface area contributed by atoms with Gasteiger partial charge < -0.3 is 5.32 Å². The second-order valence-electron chi connectivity index (χ2n) is 6.94. The van der Waals surface area contributed by atoms with Crippen LogP contribution in [0.25, 0.3) is 0 Å². The van der Waals surface area contributed by atoms with Gasteiger partial charge in [-0.25, -0.2) is 0 Å². The monoisotopic (exact) mass is 371 g/mol. The van der Waals surface area contributed by atoms with E-state index in [-0.39, 0.29) is 0 Å². The van der Waals surface area contributed by atoms with Gasteiger partial charge in [-0.1, -0.05) is 20.8 Å². The van der Waals surface area contributed by atoms with Crippen LogP contribution in [0.15, 0.2) is 15.9 Å². The minimum atomic E-state index is 0.837. The summed E-state index contributed by atoms with van der Waals surface area (Å²) in [6, 6.07) is 2.20. The van der Waals surface area contributed by atoms with Gasteiger partial charge in [-0.15, -0.1) is 11.3 Å². The lowest BCUT2D eigenvalue weighted by Crippen LogP contribution is -2.35. The first kappa shape index (κ1) is 17.5. The van der Waals surface area contributed by atoms with Gasteiger partial charge in [0, 0.05) is 9.35 Å². The molecule has 0 aliphatic heterocycles. The Morgan fingerprint density at radius 3 is 2.76 bits per heavy atom. The molecular weight excluding hydrogens is 342 g/mol. The molecular formula is C18H30BrNS. The summed E-state index contributed by atoms with van der Waals surface area (Å²) in [5.41, 5.74) is 0. The zero-order chi connectivity index (χ0) is 15.2. The van der Waals surface area contributed by atoms with Crippen LogP contribution in [0.5, 0.6) is 0 Å². The molecule has 1 aromatic heterocycles. The molecule has 0 radical (unpaired) electrons. The maximum atomic E-state index is 3.72. The van der Waals surface area contributed by atoms with Crippen LogP contribution in [0.4, 0.5) is 0 Å². The fraction of sp³-hybridized carbons (Fsp3) is 0.778. The van der Waals surface area contributed by atoms with E-state index >= 15 is 0 Å². The molecule has 1 fully saturated rings. The minimum absolute atomic E-state index is 0.837. The highest BCUT2D eigenvalue weighted by atomic mass is 79.9. The number of nitrogens with one attached hydrogen (secondary N) is 1. The Labute approximate surface area is 143 Å². The summed E-state index contributed by atoms with van der Waals surface area (Å²) in [7, 11) is 0. The number of hydrogen-bond acceptors (Lipinski definition) is 2. The van der Waals surface area contributed by atoms with Gasteiger partial charge in [0.1, 0.15) is 0 Å². The highest BCUT2D eigenvalue weighted by Gasteiger charge is 2.32. The molecule has 3 atom stereocenters. The number of rotatable bonds is 7. The molecule has 21 heavy (non-hydrogen) atoms. The van der Waals surface area contributed by atoms with Gasteiger partial charge in [-0.3, -0.25) is 0 Å². The van der Waals surface area contributed by atoms with Gasteiger partial charge in [-0.2, -0.15) is 0 Å². The molecule has 1 heterocycles. The Kier molecular flexibility index (Phi) is 7.24. The highest BCUT2D eigenvalue weighted by Crippen LogP contribution is 2.40. The maximum absolute atomic E-state index is 3.72. The van der Waals surface area contributed by atoms with Gasteiger partial charge in [0.2, 0.25) is 0 Å². The van der Waals surface area contributed by atoms with Crippen molar-refractivity contribution in [3.8, 4) is 0 Å². The molecule has 1 aliphatic carbocycles. The number of thiophene rings is 1. The van der Waals surface area contributed by atoms with Gasteiger partial charge in [0.15, 0.2) is 0 Å². The highest BCUT2D eigenvalue weighted by molar-refractivity contribution is 9.10. The van der Waals surface area contributed by atoms with Gasteiger partial charge in [0.05, 0.1) is 0 Å². The van der Waals surface area contributed by atoms with E-state index < -0.39 is 0 Å². The Balaban J connectivity index is 1.99. The van der Waals surface area contributed by atoms with Crippen molar-refractivity contribution in [1.29, 1.82) is 0 Å². The molecule has 0 aromatic carbocycles. The normalized spacial score (nSPS) is 26.4. The summed E-state index contributed by atoms with van der Waals surface area (Å²) in [6.07, 6.45) is 6.76. The average Bonchev–Trinajstić information content (AvgIpc) is 2.86. The Morgan fingerprint density at radius 1 is 1.33 bits per heavy atom. The van der Waals surface area contributed by atoms with Gasteiger partial charge in [0.25, 0.3) is 0 Å². The average molecular weight is 372 g/mol. The molecule has 0 spiro atoms. The molecule has 0 saturated heterocycles. The molecule has 120 valence electrons. The number of halogens is 1. The molecule has 1 N–H and O–H groups in total. The third-order valence-electron chi connectivity index (χ3n) is 5.10. The summed E-state index contributed by atoms with van der Waals surface area (Å²) in [4.78, 5) is 1.55. The van der Waals surface area contributed by atoms with Crippen LogP contribution in [0.2, 0.25) is 0 Å². The Hall–Kier alpha value is 0.140. The van der Waals surface area contributed by atoms with Crippen LogP contribution < -0.4 is 5.32 Å². The predicted octanol–water partition coefficient (Wildman–Crippen LogP) is 5.74. The zero-order valence-corrected chi connectivity index (χ0v) is 16.1. The first-order chi connectivity index (χ1) is 10.1. The molecule has 1 aliphatic rings. The Morgan fingerprint density at radius 2 is 2.14 bits per heavy atom. The molecule has 0 amide bonds. The lowest BCUT2D eigenvalue weighted by atomic mass is 9.69. The van der Waals surface area contributed by atoms with Crippen LogP contribution in [0.3, 0.4) is 0 Å². The smallest absolute Gasteiger partial charge is 0.0314 e. The van der Waals surface area contributed by atoms with Crippen molar-refractivity contribution in [3.63, 3.8) is 0 Å². The van der Waals surface area contributed by atoms with E-state index in [1.54, 1.807) is 4.88 Å². The third kappa shape index (κ3) is 5.07. The van der Waals surface area contributed by atoms with Crippen LogP contribution in [0.1, 0.15) is 51.3 Å². The first-order valence-electron chi connectivity index (χ1n) is 8.54. The van der Waals surface area contributed by atoms with Crippen molar-refractivity contribution in [2.45, 2.75) is 52.9 Å². The van der Waals surface area contributed by atoms with Crippen molar-refractivity contribution in [1.82, 2.24) is 5.32 Å². The van der Waals surface area contributed by atoms with Crippen molar-refractivity contribution >= 4 is 27.3 Å². The van der Waals surface area contributed by atoms with Crippen molar-refractivity contribution < 1.29 is 0 Å². The second-order valence-corrected chi connectivity index (χ2v) is 8.79. The summed E-state index contributed by atoms with van der Waals surface area (Å²) in [6.45, 7) is 9.44. The predicted molar refractivity (Wildman–Crippen MR) is 98.0 cm³/mol. The van der Waals surface area contributed by atoms with Crippen molar-refractivity contribution in [2.24, 2.45) is 23.7 Å². The van der Waals surface area contributed by atoms with Gasteiger partial charge in [-0.05, 0) is 96.2 Å². The molecule has 1 saturated carbocycles. The minimum Gasteiger partial charge on any atom is -0.316 e. The lowest BCUT2D eigenvalue weighted by molar-refractivity contribution is 0.145.